The van der Waals surface area contributed by atoms with Crippen molar-refractivity contribution in [2.24, 2.45) is 0 Å². The summed E-state index contributed by atoms with van der Waals surface area (Å²) >= 11 is 0. The molecule has 0 spiro atoms. The van der Waals surface area contributed by atoms with Gasteiger partial charge in [0.05, 0.1) is 7.11 Å². The smallest absolute Gasteiger partial charge is 0.152 e. The number of piperidine rings is 1. The van der Waals surface area contributed by atoms with Gasteiger partial charge in [0.15, 0.2) is 6.29 Å². The van der Waals surface area contributed by atoms with E-state index in [4.69, 9.17) is 14.3 Å². The predicted octanol–water partition coefficient (Wildman–Crippen LogP) is 0.202. The highest BCUT2D eigenvalue weighted by Crippen LogP contribution is 2.24. The van der Waals surface area contributed by atoms with Crippen LogP contribution >= 0.6 is 0 Å². The van der Waals surface area contributed by atoms with Gasteiger partial charge in [-0.25, -0.2) is 0 Å². The fourth-order valence-electron chi connectivity index (χ4n) is 1.52. The summed E-state index contributed by atoms with van der Waals surface area (Å²) < 4.78 is 10.2. The lowest BCUT2D eigenvalue weighted by Crippen LogP contribution is -2.47. The third-order valence-electron chi connectivity index (χ3n) is 2.51. The summed E-state index contributed by atoms with van der Waals surface area (Å²) in [6.45, 7) is 1.57. The van der Waals surface area contributed by atoms with E-state index in [1.165, 1.54) is 0 Å². The number of hydrogen-bond donors (Lipinski definition) is 0. The molecule has 14 heavy (non-hydrogen) atoms. The highest BCUT2D eigenvalue weighted by atomic mass is 16.7. The topological polar surface area (TPSA) is 48.0 Å². The molecule has 0 aromatic heterocycles. The Hall–Kier alpha value is -0.490. The van der Waals surface area contributed by atoms with Crippen LogP contribution in [0.4, 0.5) is 0 Å². The Morgan fingerprint density at radius 1 is 1.36 bits per heavy atom. The third-order valence-corrected chi connectivity index (χ3v) is 2.51. The monoisotopic (exact) mass is 203 g/mol. The van der Waals surface area contributed by atoms with Crippen LogP contribution in [0.15, 0.2) is 0 Å². The number of ether oxygens (including phenoxy) is 2. The van der Waals surface area contributed by atoms with Crippen molar-refractivity contribution < 1.29 is 19.1 Å². The summed E-state index contributed by atoms with van der Waals surface area (Å²) in [5, 5.41) is 1.82. The Bertz CT molecular complexity index is 178. The Labute approximate surface area is 83.9 Å². The molecule has 82 valence electrons. The van der Waals surface area contributed by atoms with E-state index in [1.807, 2.05) is 5.06 Å². The molecular weight excluding hydrogens is 186 g/mol. The van der Waals surface area contributed by atoms with Crippen molar-refractivity contribution in [1.29, 1.82) is 0 Å². The molecule has 1 saturated heterocycles. The van der Waals surface area contributed by atoms with Gasteiger partial charge in [-0.15, -0.1) is 0 Å². The molecular formula is C9H17NO4. The van der Waals surface area contributed by atoms with Crippen LogP contribution in [-0.2, 0) is 19.1 Å². The summed E-state index contributed by atoms with van der Waals surface area (Å²) in [7, 11) is 3.17. The van der Waals surface area contributed by atoms with E-state index in [-0.39, 0.29) is 6.79 Å². The van der Waals surface area contributed by atoms with E-state index in [2.05, 4.69) is 0 Å². The quantitative estimate of drug-likeness (QED) is 0.472. The molecule has 1 aliphatic rings. The molecule has 0 aromatic carbocycles. The van der Waals surface area contributed by atoms with E-state index >= 15 is 0 Å². The van der Waals surface area contributed by atoms with Crippen LogP contribution in [0.2, 0.25) is 0 Å². The number of hydrogen-bond acceptors (Lipinski definition) is 5. The van der Waals surface area contributed by atoms with Gasteiger partial charge in [-0.3, -0.25) is 0 Å². The zero-order valence-corrected chi connectivity index (χ0v) is 8.69. The van der Waals surface area contributed by atoms with Crippen LogP contribution in [-0.4, -0.2) is 51.1 Å². The lowest BCUT2D eigenvalue weighted by molar-refractivity contribution is -0.199. The molecule has 0 saturated carbocycles. The van der Waals surface area contributed by atoms with Gasteiger partial charge in [0.2, 0.25) is 0 Å². The molecule has 0 bridgehead atoms. The fourth-order valence-corrected chi connectivity index (χ4v) is 1.52. The van der Waals surface area contributed by atoms with Crippen LogP contribution in [0.3, 0.4) is 0 Å². The van der Waals surface area contributed by atoms with Crippen molar-refractivity contribution in [2.75, 3.05) is 34.1 Å². The molecule has 5 nitrogen and oxygen atoms in total. The Morgan fingerprint density at radius 3 is 2.43 bits per heavy atom. The number of methoxy groups -OCH3 is 1. The SMILES string of the molecule is COCOC1(C=O)CCN(OC)CC1. The highest BCUT2D eigenvalue weighted by Gasteiger charge is 2.35. The minimum Gasteiger partial charge on any atom is -0.359 e. The van der Waals surface area contributed by atoms with Gasteiger partial charge in [-0.2, -0.15) is 5.06 Å². The summed E-state index contributed by atoms with van der Waals surface area (Å²) in [6.07, 6.45) is 2.17. The van der Waals surface area contributed by atoms with Gasteiger partial charge in [0.1, 0.15) is 12.4 Å². The summed E-state index contributed by atoms with van der Waals surface area (Å²) in [4.78, 5) is 16.0. The van der Waals surface area contributed by atoms with E-state index in [0.717, 1.165) is 6.29 Å². The van der Waals surface area contributed by atoms with Crippen LogP contribution < -0.4 is 0 Å². The highest BCUT2D eigenvalue weighted by molar-refractivity contribution is 5.62. The van der Waals surface area contributed by atoms with Crippen molar-refractivity contribution in [1.82, 2.24) is 5.06 Å². The fraction of sp³-hybridized carbons (Fsp3) is 0.889. The van der Waals surface area contributed by atoms with Gasteiger partial charge in [-0.1, -0.05) is 0 Å². The Balaban J connectivity index is 2.43. The second kappa shape index (κ2) is 5.41. The second-order valence-electron chi connectivity index (χ2n) is 3.35. The van der Waals surface area contributed by atoms with Crippen LogP contribution in [0, 0.1) is 0 Å². The summed E-state index contributed by atoms with van der Waals surface area (Å²) in [6, 6.07) is 0. The molecule has 0 N–H and O–H groups in total. The molecule has 0 amide bonds. The zero-order chi connectivity index (χ0) is 10.4. The maximum atomic E-state index is 10.9. The number of hydroxylamine groups is 2. The van der Waals surface area contributed by atoms with Crippen LogP contribution in [0.1, 0.15) is 12.8 Å². The molecule has 1 aliphatic heterocycles. The number of rotatable bonds is 5. The van der Waals surface area contributed by atoms with Crippen LogP contribution in [0.5, 0.6) is 0 Å². The van der Waals surface area contributed by atoms with Crippen molar-refractivity contribution in [2.45, 2.75) is 18.4 Å². The summed E-state index contributed by atoms with van der Waals surface area (Å²) in [5.74, 6) is 0. The van der Waals surface area contributed by atoms with Crippen LogP contribution in [0.25, 0.3) is 0 Å². The van der Waals surface area contributed by atoms with E-state index < -0.39 is 5.60 Å². The first-order valence-electron chi connectivity index (χ1n) is 4.64. The Kier molecular flexibility index (Phi) is 4.47. The number of carbonyl (C=O) groups is 1. The lowest BCUT2D eigenvalue weighted by Gasteiger charge is -2.36. The molecule has 1 heterocycles. The van der Waals surface area contributed by atoms with Gasteiger partial charge in [0.25, 0.3) is 0 Å². The first-order valence-corrected chi connectivity index (χ1v) is 4.64. The molecule has 5 heteroatoms. The minimum absolute atomic E-state index is 0.158. The predicted molar refractivity (Wildman–Crippen MR) is 49.6 cm³/mol. The van der Waals surface area contributed by atoms with Gasteiger partial charge < -0.3 is 19.1 Å². The van der Waals surface area contributed by atoms with Crippen molar-refractivity contribution >= 4 is 6.29 Å². The first kappa shape index (κ1) is 11.6. The number of carbonyl (C=O) groups excluding carboxylic acids is 1. The van der Waals surface area contributed by atoms with Crippen molar-refractivity contribution in [3.05, 3.63) is 0 Å². The van der Waals surface area contributed by atoms with E-state index in [1.54, 1.807) is 14.2 Å². The molecule has 0 atom stereocenters. The minimum atomic E-state index is -0.676. The summed E-state index contributed by atoms with van der Waals surface area (Å²) in [5.41, 5.74) is -0.676. The Morgan fingerprint density at radius 2 is 2.00 bits per heavy atom. The van der Waals surface area contributed by atoms with Gasteiger partial charge >= 0.3 is 0 Å². The van der Waals surface area contributed by atoms with Gasteiger partial charge in [0, 0.05) is 20.2 Å². The number of aldehydes is 1. The molecule has 1 fully saturated rings. The van der Waals surface area contributed by atoms with Crippen molar-refractivity contribution in [3.63, 3.8) is 0 Å². The van der Waals surface area contributed by atoms with Crippen molar-refractivity contribution in [3.8, 4) is 0 Å². The van der Waals surface area contributed by atoms with Gasteiger partial charge in [-0.05, 0) is 12.8 Å². The average molecular weight is 203 g/mol. The first-order chi connectivity index (χ1) is 6.76. The van der Waals surface area contributed by atoms with E-state index in [0.29, 0.717) is 25.9 Å². The molecule has 0 unspecified atom stereocenters. The second-order valence-corrected chi connectivity index (χ2v) is 3.35. The largest absolute Gasteiger partial charge is 0.359 e. The molecule has 0 aliphatic carbocycles. The lowest BCUT2D eigenvalue weighted by atomic mass is 9.94. The molecule has 0 radical (unpaired) electrons. The normalized spacial score (nSPS) is 22.1. The maximum Gasteiger partial charge on any atom is 0.152 e. The maximum absolute atomic E-state index is 10.9. The number of nitrogens with zero attached hydrogens (tertiary/aromatic N) is 1. The average Bonchev–Trinajstić information content (AvgIpc) is 2.27. The third kappa shape index (κ3) is 2.75. The molecule has 1 rings (SSSR count). The standard InChI is InChI=1S/C9H17NO4/c1-12-8-14-9(7-11)3-5-10(13-2)6-4-9/h7H,3-6,8H2,1-2H3. The zero-order valence-electron chi connectivity index (χ0n) is 8.69. The van der Waals surface area contributed by atoms with E-state index in [9.17, 15) is 4.79 Å². The molecule has 0 aromatic rings.